The normalized spacial score (nSPS) is 11.8. The van der Waals surface area contributed by atoms with Gasteiger partial charge in [0.1, 0.15) is 0 Å². The van der Waals surface area contributed by atoms with Crippen molar-refractivity contribution in [3.63, 3.8) is 0 Å². The fourth-order valence-corrected chi connectivity index (χ4v) is 7.35. The van der Waals surface area contributed by atoms with E-state index in [4.69, 9.17) is 9.97 Å². The average molecular weight is 629 g/mol. The molecule has 0 N–H and O–H groups in total. The predicted molar refractivity (Wildman–Crippen MR) is 199 cm³/mol. The standard InChI is InChI=1S/C43H28N6/c1-27-7-6-10-36-41(27)47-43(29-15-19-31(20-16-29)49-38-12-5-3-9-33(38)35-22-24-45-26-40(35)49)42(46-36)28-13-17-30(18-14-28)48-37-11-4-2-8-32(37)34-21-23-44-25-39(34)48/h2-26H,1H3. The molecule has 0 bridgehead atoms. The van der Waals surface area contributed by atoms with Gasteiger partial charge in [-0.05, 0) is 67.1 Å². The van der Waals surface area contributed by atoms with Crippen LogP contribution in [0.5, 0.6) is 0 Å². The van der Waals surface area contributed by atoms with Gasteiger partial charge in [0.2, 0.25) is 0 Å². The van der Waals surface area contributed by atoms with Crippen LogP contribution in [0.1, 0.15) is 5.56 Å². The minimum Gasteiger partial charge on any atom is -0.308 e. The summed E-state index contributed by atoms with van der Waals surface area (Å²) in [4.78, 5) is 19.4. The van der Waals surface area contributed by atoms with Gasteiger partial charge in [-0.25, -0.2) is 9.97 Å². The largest absolute Gasteiger partial charge is 0.308 e. The van der Waals surface area contributed by atoms with Crippen LogP contribution in [0.25, 0.3) is 88.5 Å². The Balaban J connectivity index is 1.12. The Labute approximate surface area is 281 Å². The SMILES string of the molecule is Cc1cccc2nc(-c3ccc(-n4c5ccccc5c5ccncc54)cc3)c(-c3ccc(-n4c5ccccc5c5ccncc54)cc3)nc12. The highest BCUT2D eigenvalue weighted by Gasteiger charge is 2.17. The minimum absolute atomic E-state index is 0.849. The first-order chi connectivity index (χ1) is 24.2. The molecule has 10 rings (SSSR count). The third kappa shape index (κ3) is 4.21. The molecule has 5 aromatic carbocycles. The van der Waals surface area contributed by atoms with E-state index in [9.17, 15) is 0 Å². The lowest BCUT2D eigenvalue weighted by Crippen LogP contribution is -1.99. The molecule has 5 heterocycles. The molecule has 0 saturated heterocycles. The van der Waals surface area contributed by atoms with Gasteiger partial charge in [-0.2, -0.15) is 0 Å². The van der Waals surface area contributed by atoms with Crippen LogP contribution in [-0.4, -0.2) is 29.1 Å². The molecule has 0 fully saturated rings. The van der Waals surface area contributed by atoms with Crippen LogP contribution in [0.15, 0.2) is 152 Å². The maximum atomic E-state index is 5.28. The third-order valence-corrected chi connectivity index (χ3v) is 9.65. The zero-order valence-corrected chi connectivity index (χ0v) is 26.6. The van der Waals surface area contributed by atoms with Gasteiger partial charge in [-0.1, -0.05) is 72.8 Å². The molecule has 230 valence electrons. The van der Waals surface area contributed by atoms with E-state index in [1.807, 2.05) is 36.9 Å². The molecule has 0 atom stereocenters. The van der Waals surface area contributed by atoms with Gasteiger partial charge in [-0.3, -0.25) is 9.97 Å². The van der Waals surface area contributed by atoms with Crippen molar-refractivity contribution in [1.82, 2.24) is 29.1 Å². The van der Waals surface area contributed by atoms with Crippen molar-refractivity contribution in [3.8, 4) is 33.9 Å². The van der Waals surface area contributed by atoms with Gasteiger partial charge in [0, 0.05) is 56.4 Å². The quantitative estimate of drug-likeness (QED) is 0.195. The summed E-state index contributed by atoms with van der Waals surface area (Å²) in [5.74, 6) is 0. The van der Waals surface area contributed by atoms with Crippen molar-refractivity contribution in [2.75, 3.05) is 0 Å². The maximum Gasteiger partial charge on any atom is 0.0973 e. The predicted octanol–water partition coefficient (Wildman–Crippen LogP) is 10.3. The number of rotatable bonds is 4. The van der Waals surface area contributed by atoms with Crippen molar-refractivity contribution in [1.29, 1.82) is 0 Å². The first-order valence-corrected chi connectivity index (χ1v) is 16.4. The van der Waals surface area contributed by atoms with E-state index >= 15 is 0 Å². The zero-order chi connectivity index (χ0) is 32.5. The van der Waals surface area contributed by atoms with Crippen molar-refractivity contribution >= 4 is 54.6 Å². The first kappa shape index (κ1) is 27.5. The second-order valence-corrected chi connectivity index (χ2v) is 12.4. The van der Waals surface area contributed by atoms with Crippen molar-refractivity contribution < 1.29 is 0 Å². The Bertz CT molecular complexity index is 2770. The molecular formula is C43H28N6. The number of pyridine rings is 2. The molecule has 0 radical (unpaired) electrons. The Morgan fingerprint density at radius 2 is 0.918 bits per heavy atom. The lowest BCUT2D eigenvalue weighted by molar-refractivity contribution is 1.16. The van der Waals surface area contributed by atoms with Gasteiger partial charge in [0.25, 0.3) is 0 Å². The van der Waals surface area contributed by atoms with Crippen LogP contribution in [0.4, 0.5) is 0 Å². The molecule has 10 aromatic rings. The van der Waals surface area contributed by atoms with E-state index in [-0.39, 0.29) is 0 Å². The minimum atomic E-state index is 0.849. The Morgan fingerprint density at radius 1 is 0.429 bits per heavy atom. The zero-order valence-electron chi connectivity index (χ0n) is 26.6. The monoisotopic (exact) mass is 628 g/mol. The highest BCUT2D eigenvalue weighted by atomic mass is 15.0. The van der Waals surface area contributed by atoms with Crippen LogP contribution in [0.3, 0.4) is 0 Å². The summed E-state index contributed by atoms with van der Waals surface area (Å²) < 4.78 is 4.56. The van der Waals surface area contributed by atoms with E-state index in [2.05, 4.69) is 141 Å². The van der Waals surface area contributed by atoms with Gasteiger partial charge in [-0.15, -0.1) is 0 Å². The summed E-state index contributed by atoms with van der Waals surface area (Å²) in [6, 6.07) is 44.7. The third-order valence-electron chi connectivity index (χ3n) is 9.65. The van der Waals surface area contributed by atoms with E-state index < -0.39 is 0 Å². The van der Waals surface area contributed by atoms with Gasteiger partial charge >= 0.3 is 0 Å². The number of hydrogen-bond donors (Lipinski definition) is 0. The maximum absolute atomic E-state index is 5.28. The second kappa shape index (κ2) is 10.7. The van der Waals surface area contributed by atoms with E-state index in [1.54, 1.807) is 0 Å². The lowest BCUT2D eigenvalue weighted by atomic mass is 10.0. The number of aromatic nitrogens is 6. The van der Waals surface area contributed by atoms with Crippen LogP contribution < -0.4 is 0 Å². The Kier molecular flexibility index (Phi) is 5.99. The van der Waals surface area contributed by atoms with Crippen LogP contribution in [0, 0.1) is 6.92 Å². The number of nitrogens with zero attached hydrogens (tertiary/aromatic N) is 6. The fraction of sp³-hybridized carbons (Fsp3) is 0.0233. The lowest BCUT2D eigenvalue weighted by Gasteiger charge is -2.14. The number of aryl methyl sites for hydroxylation is 1. The van der Waals surface area contributed by atoms with E-state index in [1.165, 1.54) is 21.5 Å². The molecule has 6 nitrogen and oxygen atoms in total. The molecule has 0 aliphatic rings. The van der Waals surface area contributed by atoms with E-state index in [0.717, 1.165) is 72.6 Å². The molecule has 6 heteroatoms. The topological polar surface area (TPSA) is 61.4 Å². The Morgan fingerprint density at radius 3 is 1.47 bits per heavy atom. The van der Waals surface area contributed by atoms with E-state index in [0.29, 0.717) is 0 Å². The van der Waals surface area contributed by atoms with Gasteiger partial charge < -0.3 is 9.13 Å². The molecule has 0 aliphatic heterocycles. The van der Waals surface area contributed by atoms with Crippen LogP contribution in [0.2, 0.25) is 0 Å². The number of fused-ring (bicyclic) bond motifs is 7. The van der Waals surface area contributed by atoms with Crippen LogP contribution in [-0.2, 0) is 0 Å². The molecule has 5 aromatic heterocycles. The molecule has 0 spiro atoms. The highest BCUT2D eigenvalue weighted by molar-refractivity contribution is 6.10. The molecule has 0 unspecified atom stereocenters. The summed E-state index contributed by atoms with van der Waals surface area (Å²) in [7, 11) is 0. The van der Waals surface area contributed by atoms with Gasteiger partial charge in [0.05, 0.1) is 56.9 Å². The van der Waals surface area contributed by atoms with Crippen molar-refractivity contribution in [2.24, 2.45) is 0 Å². The van der Waals surface area contributed by atoms with Crippen LogP contribution >= 0.6 is 0 Å². The fourth-order valence-electron chi connectivity index (χ4n) is 7.35. The Hall–Kier alpha value is -6.66. The summed E-state index contributed by atoms with van der Waals surface area (Å²) >= 11 is 0. The summed E-state index contributed by atoms with van der Waals surface area (Å²) in [6.07, 6.45) is 7.60. The second-order valence-electron chi connectivity index (χ2n) is 12.4. The average Bonchev–Trinajstić information content (AvgIpc) is 3.68. The number of benzene rings is 5. The highest BCUT2D eigenvalue weighted by Crippen LogP contribution is 2.36. The molecule has 0 saturated carbocycles. The summed E-state index contributed by atoms with van der Waals surface area (Å²) in [6.45, 7) is 2.09. The molecule has 49 heavy (non-hydrogen) atoms. The van der Waals surface area contributed by atoms with Gasteiger partial charge in [0.15, 0.2) is 0 Å². The molecular weight excluding hydrogens is 601 g/mol. The number of para-hydroxylation sites is 3. The van der Waals surface area contributed by atoms with Crippen molar-refractivity contribution in [2.45, 2.75) is 6.92 Å². The number of hydrogen-bond acceptors (Lipinski definition) is 4. The summed E-state index contributed by atoms with van der Waals surface area (Å²) in [5.41, 5.74) is 13.2. The molecule has 0 aliphatic carbocycles. The first-order valence-electron chi connectivity index (χ1n) is 16.4. The summed E-state index contributed by atoms with van der Waals surface area (Å²) in [5, 5.41) is 4.80. The molecule has 0 amide bonds. The smallest absolute Gasteiger partial charge is 0.0973 e. The van der Waals surface area contributed by atoms with Crippen molar-refractivity contribution in [3.05, 3.63) is 158 Å².